The number of hydrogen-bond donors (Lipinski definition) is 2. The molecule has 1 rings (SSSR count). The lowest BCUT2D eigenvalue weighted by Crippen LogP contribution is -2.33. The lowest BCUT2D eigenvalue weighted by atomic mass is 10.3. The van der Waals surface area contributed by atoms with Crippen molar-refractivity contribution in [2.45, 2.75) is 17.9 Å². The van der Waals surface area contributed by atoms with Gasteiger partial charge in [0.2, 0.25) is 10.0 Å². The van der Waals surface area contributed by atoms with Gasteiger partial charge in [-0.15, -0.1) is 0 Å². The predicted molar refractivity (Wildman–Crippen MR) is 67.5 cm³/mol. The number of benzene rings is 1. The molecule has 1 aromatic rings. The number of nitrogens with zero attached hydrogens (tertiary/aromatic N) is 1. The Morgan fingerprint density at radius 3 is 2.29 bits per heavy atom. The van der Waals surface area contributed by atoms with E-state index in [4.69, 9.17) is 0 Å². The zero-order valence-electron chi connectivity index (χ0n) is 10.2. The van der Waals surface area contributed by atoms with E-state index in [-0.39, 0.29) is 11.4 Å². The molecule has 0 spiro atoms. The minimum absolute atomic E-state index is 0.0795. The van der Waals surface area contributed by atoms with E-state index in [1.54, 1.807) is 38.2 Å². The van der Waals surface area contributed by atoms with Crippen LogP contribution in [-0.2, 0) is 10.0 Å². The van der Waals surface area contributed by atoms with E-state index in [0.717, 1.165) is 9.99 Å². The SMILES string of the molecule is CNc1ccc(S(=O)(=O)N(C)CC(C)O)cc1. The van der Waals surface area contributed by atoms with Gasteiger partial charge < -0.3 is 10.4 Å². The Hall–Kier alpha value is -1.11. The van der Waals surface area contributed by atoms with Crippen LogP contribution < -0.4 is 5.32 Å². The van der Waals surface area contributed by atoms with E-state index in [1.807, 2.05) is 0 Å². The third kappa shape index (κ3) is 3.42. The first-order valence-electron chi connectivity index (χ1n) is 5.30. The van der Waals surface area contributed by atoms with Gasteiger partial charge in [0, 0.05) is 26.3 Å². The molecule has 5 nitrogen and oxygen atoms in total. The second kappa shape index (κ2) is 5.48. The summed E-state index contributed by atoms with van der Waals surface area (Å²) in [4.78, 5) is 0.222. The van der Waals surface area contributed by atoms with E-state index in [1.165, 1.54) is 7.05 Å². The van der Waals surface area contributed by atoms with Gasteiger partial charge in [0.25, 0.3) is 0 Å². The summed E-state index contributed by atoms with van der Waals surface area (Å²) < 4.78 is 25.3. The Morgan fingerprint density at radius 2 is 1.88 bits per heavy atom. The molecule has 0 aliphatic carbocycles. The van der Waals surface area contributed by atoms with Crippen LogP contribution in [0.25, 0.3) is 0 Å². The topological polar surface area (TPSA) is 69.6 Å². The molecule has 0 bridgehead atoms. The summed E-state index contributed by atoms with van der Waals surface area (Å²) in [6, 6.07) is 6.48. The minimum Gasteiger partial charge on any atom is -0.392 e. The molecule has 0 radical (unpaired) electrons. The Labute approximate surface area is 102 Å². The highest BCUT2D eigenvalue weighted by molar-refractivity contribution is 7.89. The van der Waals surface area contributed by atoms with Gasteiger partial charge in [-0.2, -0.15) is 4.31 Å². The number of rotatable bonds is 5. The monoisotopic (exact) mass is 258 g/mol. The van der Waals surface area contributed by atoms with Crippen LogP contribution in [0.1, 0.15) is 6.92 Å². The lowest BCUT2D eigenvalue weighted by Gasteiger charge is -2.18. The lowest BCUT2D eigenvalue weighted by molar-refractivity contribution is 0.171. The van der Waals surface area contributed by atoms with Gasteiger partial charge in [0.15, 0.2) is 0 Å². The first-order valence-corrected chi connectivity index (χ1v) is 6.74. The first kappa shape index (κ1) is 14.0. The van der Waals surface area contributed by atoms with Crippen LogP contribution in [0.3, 0.4) is 0 Å². The van der Waals surface area contributed by atoms with Crippen LogP contribution in [0.15, 0.2) is 29.2 Å². The van der Waals surface area contributed by atoms with Gasteiger partial charge in [0.1, 0.15) is 0 Å². The fourth-order valence-electron chi connectivity index (χ4n) is 1.44. The summed E-state index contributed by atoms with van der Waals surface area (Å²) in [6.45, 7) is 1.63. The number of hydrogen-bond acceptors (Lipinski definition) is 4. The molecule has 0 saturated heterocycles. The molecule has 0 amide bonds. The van der Waals surface area contributed by atoms with E-state index in [9.17, 15) is 13.5 Å². The molecule has 0 aliphatic heterocycles. The van der Waals surface area contributed by atoms with Crippen molar-refractivity contribution in [3.05, 3.63) is 24.3 Å². The summed E-state index contributed by atoms with van der Waals surface area (Å²) in [6.07, 6.45) is -0.689. The van der Waals surface area contributed by atoms with Crippen LogP contribution in [0, 0.1) is 0 Å². The maximum Gasteiger partial charge on any atom is 0.242 e. The van der Waals surface area contributed by atoms with Crippen LogP contribution in [0.4, 0.5) is 5.69 Å². The van der Waals surface area contributed by atoms with Crippen LogP contribution >= 0.6 is 0 Å². The van der Waals surface area contributed by atoms with Crippen molar-refractivity contribution in [1.82, 2.24) is 4.31 Å². The molecule has 0 heterocycles. The smallest absolute Gasteiger partial charge is 0.242 e. The summed E-state index contributed by atoms with van der Waals surface area (Å²) in [7, 11) is -0.294. The molecule has 17 heavy (non-hydrogen) atoms. The molecule has 96 valence electrons. The van der Waals surface area contributed by atoms with Gasteiger partial charge in [-0.1, -0.05) is 0 Å². The maximum absolute atomic E-state index is 12.1. The van der Waals surface area contributed by atoms with Crippen molar-refractivity contribution in [2.24, 2.45) is 0 Å². The molecule has 6 heteroatoms. The minimum atomic E-state index is -3.51. The van der Waals surface area contributed by atoms with Crippen molar-refractivity contribution >= 4 is 15.7 Å². The van der Waals surface area contributed by atoms with Crippen molar-refractivity contribution < 1.29 is 13.5 Å². The largest absolute Gasteiger partial charge is 0.392 e. The summed E-state index contributed by atoms with van der Waals surface area (Å²) in [5, 5.41) is 12.1. The van der Waals surface area contributed by atoms with Crippen LogP contribution in [0.2, 0.25) is 0 Å². The van der Waals surface area contributed by atoms with E-state index >= 15 is 0 Å². The molecular weight excluding hydrogens is 240 g/mol. The quantitative estimate of drug-likeness (QED) is 0.817. The van der Waals surface area contributed by atoms with Crippen molar-refractivity contribution in [3.63, 3.8) is 0 Å². The predicted octanol–water partition coefficient (Wildman–Crippen LogP) is 0.730. The normalized spacial score (nSPS) is 13.7. The summed E-state index contributed by atoms with van der Waals surface area (Å²) in [5.74, 6) is 0. The van der Waals surface area contributed by atoms with Gasteiger partial charge >= 0.3 is 0 Å². The van der Waals surface area contributed by atoms with Gasteiger partial charge in [-0.25, -0.2) is 8.42 Å². The van der Waals surface area contributed by atoms with Gasteiger partial charge in [-0.05, 0) is 31.2 Å². The Morgan fingerprint density at radius 1 is 1.35 bits per heavy atom. The molecule has 0 aromatic heterocycles. The molecule has 0 fully saturated rings. The van der Waals surface area contributed by atoms with E-state index in [2.05, 4.69) is 5.32 Å². The maximum atomic E-state index is 12.1. The fraction of sp³-hybridized carbons (Fsp3) is 0.455. The third-order valence-corrected chi connectivity index (χ3v) is 4.21. The number of anilines is 1. The van der Waals surface area contributed by atoms with Crippen LogP contribution in [0.5, 0.6) is 0 Å². The highest BCUT2D eigenvalue weighted by Gasteiger charge is 2.21. The molecule has 1 unspecified atom stereocenters. The molecular formula is C11H18N2O3S. The zero-order chi connectivity index (χ0) is 13.1. The summed E-state index contributed by atoms with van der Waals surface area (Å²) >= 11 is 0. The average molecular weight is 258 g/mol. The molecule has 1 atom stereocenters. The van der Waals surface area contributed by atoms with Gasteiger partial charge in [0.05, 0.1) is 11.0 Å². The Bertz CT molecular complexity index is 454. The molecule has 0 saturated carbocycles. The Kier molecular flexibility index (Phi) is 4.50. The average Bonchev–Trinajstić information content (AvgIpc) is 2.28. The highest BCUT2D eigenvalue weighted by atomic mass is 32.2. The van der Waals surface area contributed by atoms with E-state index in [0.29, 0.717) is 0 Å². The van der Waals surface area contributed by atoms with Crippen LogP contribution in [-0.4, -0.2) is 44.6 Å². The number of sulfonamides is 1. The highest BCUT2D eigenvalue weighted by Crippen LogP contribution is 2.17. The van der Waals surface area contributed by atoms with Gasteiger partial charge in [-0.3, -0.25) is 0 Å². The third-order valence-electron chi connectivity index (χ3n) is 2.37. The fourth-order valence-corrected chi connectivity index (χ4v) is 2.70. The zero-order valence-corrected chi connectivity index (χ0v) is 11.0. The Balaban J connectivity index is 2.96. The number of aliphatic hydroxyl groups excluding tert-OH is 1. The number of nitrogens with one attached hydrogen (secondary N) is 1. The number of likely N-dealkylation sites (N-methyl/N-ethyl adjacent to an activating group) is 1. The van der Waals surface area contributed by atoms with Crippen molar-refractivity contribution in [2.75, 3.05) is 26.0 Å². The second-order valence-corrected chi connectivity index (χ2v) is 5.95. The standard InChI is InChI=1S/C11H18N2O3S/c1-9(14)8-13(3)17(15,16)11-6-4-10(12-2)5-7-11/h4-7,9,12,14H,8H2,1-3H3. The molecule has 2 N–H and O–H groups in total. The molecule has 1 aromatic carbocycles. The molecule has 0 aliphatic rings. The van der Waals surface area contributed by atoms with E-state index < -0.39 is 16.1 Å². The number of aliphatic hydroxyl groups is 1. The van der Waals surface area contributed by atoms with Crippen molar-refractivity contribution in [1.29, 1.82) is 0 Å². The summed E-state index contributed by atoms with van der Waals surface area (Å²) in [5.41, 5.74) is 0.849. The first-order chi connectivity index (χ1) is 7.87. The van der Waals surface area contributed by atoms with Crippen molar-refractivity contribution in [3.8, 4) is 0 Å². The second-order valence-electron chi connectivity index (χ2n) is 3.91.